The number of nitrogens with zero attached hydrogens (tertiary/aromatic N) is 2. The Morgan fingerprint density at radius 2 is 2.00 bits per heavy atom. The Morgan fingerprint density at radius 1 is 1.21 bits per heavy atom. The molecule has 0 aliphatic carbocycles. The van der Waals surface area contributed by atoms with E-state index >= 15 is 0 Å². The summed E-state index contributed by atoms with van der Waals surface area (Å²) < 4.78 is 20.1. The summed E-state index contributed by atoms with van der Waals surface area (Å²) >= 11 is 0. The van der Waals surface area contributed by atoms with Gasteiger partial charge in [-0.05, 0) is 49.4 Å². The van der Waals surface area contributed by atoms with Crippen molar-refractivity contribution in [3.63, 3.8) is 0 Å². The van der Waals surface area contributed by atoms with Crippen LogP contribution < -0.4 is 15.6 Å². The molecule has 1 amide bonds. The molecule has 0 unspecified atom stereocenters. The molecular weight excluding hydrogens is 363 g/mol. The molecule has 0 saturated carbocycles. The minimum absolute atomic E-state index is 0.211. The van der Waals surface area contributed by atoms with Gasteiger partial charge >= 0.3 is 0 Å². The van der Waals surface area contributed by atoms with Gasteiger partial charge in [-0.1, -0.05) is 0 Å². The summed E-state index contributed by atoms with van der Waals surface area (Å²) in [4.78, 5) is 29.1. The SMILES string of the molecule is CCOc1ccc(NC(=O)Cn2[nH]c3c(cnc4ccc(F)cc43)c2=O)cc1. The van der Waals surface area contributed by atoms with E-state index in [4.69, 9.17) is 4.74 Å². The lowest BCUT2D eigenvalue weighted by atomic mass is 10.2. The molecule has 2 heterocycles. The van der Waals surface area contributed by atoms with Crippen LogP contribution >= 0.6 is 0 Å². The highest BCUT2D eigenvalue weighted by molar-refractivity contribution is 6.02. The zero-order valence-corrected chi connectivity index (χ0v) is 15.0. The molecule has 4 rings (SSSR count). The summed E-state index contributed by atoms with van der Waals surface area (Å²) in [6.07, 6.45) is 1.43. The molecule has 0 aliphatic heterocycles. The number of nitrogens with one attached hydrogen (secondary N) is 2. The standard InChI is InChI=1S/C20H17FN4O3/c1-2-28-14-6-4-13(5-7-14)23-18(26)11-25-20(27)16-10-22-17-8-3-12(21)9-15(17)19(16)24-25/h3-10,24H,2,11H2,1H3,(H,23,26). The average Bonchev–Trinajstić information content (AvgIpc) is 2.99. The summed E-state index contributed by atoms with van der Waals surface area (Å²) in [6, 6.07) is 11.1. The van der Waals surface area contributed by atoms with Gasteiger partial charge in [0, 0.05) is 17.3 Å². The van der Waals surface area contributed by atoms with Crippen molar-refractivity contribution < 1.29 is 13.9 Å². The Kier molecular flexibility index (Phi) is 4.52. The summed E-state index contributed by atoms with van der Waals surface area (Å²) in [5.74, 6) is -0.0937. The molecule has 0 aliphatic rings. The molecular formula is C20H17FN4O3. The molecule has 2 aromatic heterocycles. The van der Waals surface area contributed by atoms with Crippen molar-refractivity contribution in [1.29, 1.82) is 0 Å². The zero-order chi connectivity index (χ0) is 19.7. The summed E-state index contributed by atoms with van der Waals surface area (Å²) in [6.45, 7) is 2.24. The van der Waals surface area contributed by atoms with Gasteiger partial charge in [0.2, 0.25) is 5.91 Å². The number of hydrogen-bond donors (Lipinski definition) is 2. The third kappa shape index (κ3) is 3.32. The topological polar surface area (TPSA) is 89.0 Å². The van der Waals surface area contributed by atoms with E-state index in [1.807, 2.05) is 6.92 Å². The minimum atomic E-state index is -0.427. The third-order valence-electron chi connectivity index (χ3n) is 4.30. The first-order chi connectivity index (χ1) is 13.5. The fraction of sp³-hybridized carbons (Fsp3) is 0.150. The number of H-pyrrole nitrogens is 1. The number of hydrogen-bond acceptors (Lipinski definition) is 4. The second-order valence-electron chi connectivity index (χ2n) is 6.22. The number of rotatable bonds is 5. The van der Waals surface area contributed by atoms with Gasteiger partial charge < -0.3 is 10.1 Å². The molecule has 28 heavy (non-hydrogen) atoms. The number of ether oxygens (including phenoxy) is 1. The third-order valence-corrected chi connectivity index (χ3v) is 4.30. The maximum absolute atomic E-state index is 13.6. The number of halogens is 1. The molecule has 4 aromatic rings. The molecule has 0 spiro atoms. The Labute approximate surface area is 158 Å². The van der Waals surface area contributed by atoms with E-state index in [1.165, 1.54) is 23.0 Å². The first-order valence-electron chi connectivity index (χ1n) is 8.74. The van der Waals surface area contributed by atoms with Gasteiger partial charge in [-0.25, -0.2) is 9.07 Å². The van der Waals surface area contributed by atoms with E-state index in [0.29, 0.717) is 39.8 Å². The van der Waals surface area contributed by atoms with Gasteiger partial charge in [-0.15, -0.1) is 0 Å². The Morgan fingerprint density at radius 3 is 2.75 bits per heavy atom. The van der Waals surface area contributed by atoms with Crippen LogP contribution in [-0.2, 0) is 11.3 Å². The highest BCUT2D eigenvalue weighted by Gasteiger charge is 2.14. The Bertz CT molecular complexity index is 1230. The summed E-state index contributed by atoms with van der Waals surface area (Å²) in [7, 11) is 0. The molecule has 142 valence electrons. The second-order valence-corrected chi connectivity index (χ2v) is 6.22. The molecule has 0 atom stereocenters. The maximum atomic E-state index is 13.6. The van der Waals surface area contributed by atoms with Crippen molar-refractivity contribution in [1.82, 2.24) is 14.8 Å². The molecule has 0 fully saturated rings. The largest absolute Gasteiger partial charge is 0.494 e. The van der Waals surface area contributed by atoms with Gasteiger partial charge in [0.05, 0.1) is 23.0 Å². The predicted octanol–water partition coefficient (Wildman–Crippen LogP) is 3.05. The van der Waals surface area contributed by atoms with Crippen LogP contribution in [0.4, 0.5) is 10.1 Å². The molecule has 0 saturated heterocycles. The van der Waals surface area contributed by atoms with Crippen molar-refractivity contribution >= 4 is 33.4 Å². The monoisotopic (exact) mass is 380 g/mol. The number of aromatic amines is 1. The number of fused-ring (bicyclic) bond motifs is 3. The van der Waals surface area contributed by atoms with Gasteiger partial charge in [0.15, 0.2) is 0 Å². The van der Waals surface area contributed by atoms with Crippen LogP contribution in [0.1, 0.15) is 6.92 Å². The average molecular weight is 380 g/mol. The van der Waals surface area contributed by atoms with E-state index < -0.39 is 11.4 Å². The number of carbonyl (C=O) groups is 1. The summed E-state index contributed by atoms with van der Waals surface area (Å²) in [5.41, 5.74) is 1.20. The van der Waals surface area contributed by atoms with Gasteiger partial charge in [-0.2, -0.15) is 0 Å². The molecule has 8 heteroatoms. The molecule has 2 N–H and O–H groups in total. The minimum Gasteiger partial charge on any atom is -0.494 e. The van der Waals surface area contributed by atoms with Crippen molar-refractivity contribution in [2.24, 2.45) is 0 Å². The second kappa shape index (κ2) is 7.15. The number of benzene rings is 2. The smallest absolute Gasteiger partial charge is 0.276 e. The number of pyridine rings is 1. The highest BCUT2D eigenvalue weighted by Crippen LogP contribution is 2.21. The van der Waals surface area contributed by atoms with Gasteiger partial charge in [-0.3, -0.25) is 19.7 Å². The fourth-order valence-corrected chi connectivity index (χ4v) is 3.04. The summed E-state index contributed by atoms with van der Waals surface area (Å²) in [5, 5.41) is 6.41. The molecule has 7 nitrogen and oxygen atoms in total. The Balaban J connectivity index is 1.59. The van der Waals surface area contributed by atoms with E-state index in [-0.39, 0.29) is 12.5 Å². The van der Waals surface area contributed by atoms with Crippen LogP contribution in [0.2, 0.25) is 0 Å². The first kappa shape index (κ1) is 17.7. The number of amides is 1. The quantitative estimate of drug-likeness (QED) is 0.557. The number of anilines is 1. The van der Waals surface area contributed by atoms with Crippen LogP contribution in [-0.4, -0.2) is 27.3 Å². The van der Waals surface area contributed by atoms with E-state index in [2.05, 4.69) is 15.4 Å². The van der Waals surface area contributed by atoms with Gasteiger partial charge in [0.1, 0.15) is 18.1 Å². The van der Waals surface area contributed by atoms with Crippen LogP contribution in [0.25, 0.3) is 21.8 Å². The van der Waals surface area contributed by atoms with Crippen molar-refractivity contribution in [2.75, 3.05) is 11.9 Å². The van der Waals surface area contributed by atoms with E-state index in [1.54, 1.807) is 30.3 Å². The van der Waals surface area contributed by atoms with Crippen LogP contribution in [0.3, 0.4) is 0 Å². The van der Waals surface area contributed by atoms with Crippen molar-refractivity contribution in [3.05, 3.63) is 64.8 Å². The molecule has 0 bridgehead atoms. The fourth-order valence-electron chi connectivity index (χ4n) is 3.04. The lowest BCUT2D eigenvalue weighted by Gasteiger charge is -2.07. The zero-order valence-electron chi connectivity index (χ0n) is 15.0. The van der Waals surface area contributed by atoms with Crippen molar-refractivity contribution in [3.8, 4) is 5.75 Å². The lowest BCUT2D eigenvalue weighted by Crippen LogP contribution is -2.26. The number of aromatic nitrogens is 3. The molecule has 0 radical (unpaired) electrons. The lowest BCUT2D eigenvalue weighted by molar-refractivity contribution is -0.116. The first-order valence-corrected chi connectivity index (χ1v) is 8.74. The number of carbonyl (C=O) groups excluding carboxylic acids is 1. The van der Waals surface area contributed by atoms with Crippen molar-refractivity contribution in [2.45, 2.75) is 13.5 Å². The van der Waals surface area contributed by atoms with E-state index in [0.717, 1.165) is 0 Å². The predicted molar refractivity (Wildman–Crippen MR) is 104 cm³/mol. The van der Waals surface area contributed by atoms with Crippen LogP contribution in [0.5, 0.6) is 5.75 Å². The van der Waals surface area contributed by atoms with Crippen LogP contribution in [0.15, 0.2) is 53.5 Å². The normalized spacial score (nSPS) is 11.1. The van der Waals surface area contributed by atoms with E-state index in [9.17, 15) is 14.0 Å². The molecule has 2 aromatic carbocycles. The Hall–Kier alpha value is -3.68. The maximum Gasteiger partial charge on any atom is 0.276 e. The highest BCUT2D eigenvalue weighted by atomic mass is 19.1. The van der Waals surface area contributed by atoms with Gasteiger partial charge in [0.25, 0.3) is 5.56 Å². The van der Waals surface area contributed by atoms with Crippen LogP contribution in [0, 0.1) is 5.82 Å².